The largest absolute Gasteiger partial charge is 0.497 e. The predicted molar refractivity (Wildman–Crippen MR) is 74.1 cm³/mol. The average Bonchev–Trinajstić information content (AvgIpc) is 2.37. The third-order valence-electron chi connectivity index (χ3n) is 2.52. The first-order valence-corrected chi connectivity index (χ1v) is 6.51. The molecule has 1 aromatic rings. The van der Waals surface area contributed by atoms with E-state index in [2.05, 4.69) is 20.7 Å². The third-order valence-corrected chi connectivity index (χ3v) is 3.18. The minimum Gasteiger partial charge on any atom is -0.497 e. The van der Waals surface area contributed by atoms with E-state index in [0.29, 0.717) is 6.54 Å². The van der Waals surface area contributed by atoms with Crippen molar-refractivity contribution in [3.8, 4) is 5.75 Å². The van der Waals surface area contributed by atoms with Crippen LogP contribution in [0.5, 0.6) is 5.75 Å². The van der Waals surface area contributed by atoms with E-state index in [1.165, 1.54) is 7.11 Å². The molecule has 5 heteroatoms. The molecule has 18 heavy (non-hydrogen) atoms. The van der Waals surface area contributed by atoms with Crippen molar-refractivity contribution >= 4 is 21.9 Å². The zero-order valence-electron chi connectivity index (χ0n) is 10.9. The molecule has 0 radical (unpaired) electrons. The second-order valence-corrected chi connectivity index (χ2v) is 5.14. The topological polar surface area (TPSA) is 38.8 Å². The average molecular weight is 316 g/mol. The molecule has 0 saturated carbocycles. The quantitative estimate of drug-likeness (QED) is 0.595. The molecule has 0 aliphatic carbocycles. The molecule has 0 bridgehead atoms. The highest BCUT2D eigenvalue weighted by Gasteiger charge is 2.17. The smallest absolute Gasteiger partial charge is 0.320 e. The Morgan fingerprint density at radius 2 is 2.17 bits per heavy atom. The summed E-state index contributed by atoms with van der Waals surface area (Å²) in [5.74, 6) is 0.580. The molecule has 0 aliphatic heterocycles. The molecule has 0 spiro atoms. The Labute approximate surface area is 116 Å². The summed E-state index contributed by atoms with van der Waals surface area (Å²) in [6.45, 7) is 1.33. The number of carbonyl (C=O) groups is 1. The minimum absolute atomic E-state index is 0.257. The monoisotopic (exact) mass is 315 g/mol. The lowest BCUT2D eigenvalue weighted by molar-refractivity contribution is -0.140. The lowest BCUT2D eigenvalue weighted by atomic mass is 10.2. The third kappa shape index (κ3) is 4.66. The Morgan fingerprint density at radius 3 is 2.78 bits per heavy atom. The second kappa shape index (κ2) is 7.38. The molecule has 0 fully saturated rings. The molecule has 4 nitrogen and oxygen atoms in total. The fourth-order valence-corrected chi connectivity index (χ4v) is 2.30. The van der Waals surface area contributed by atoms with E-state index >= 15 is 0 Å². The van der Waals surface area contributed by atoms with Crippen LogP contribution in [0.3, 0.4) is 0 Å². The molecule has 100 valence electrons. The first-order valence-electron chi connectivity index (χ1n) is 5.60. The van der Waals surface area contributed by atoms with Gasteiger partial charge in [0.1, 0.15) is 10.6 Å². The van der Waals surface area contributed by atoms with Gasteiger partial charge in [-0.05, 0) is 24.7 Å². The van der Waals surface area contributed by atoms with Crippen molar-refractivity contribution in [2.45, 2.75) is 11.4 Å². The maximum atomic E-state index is 11.3. The van der Waals surface area contributed by atoms with Gasteiger partial charge in [0, 0.05) is 13.1 Å². The van der Waals surface area contributed by atoms with Gasteiger partial charge in [-0.15, -0.1) is 0 Å². The second-order valence-electron chi connectivity index (χ2n) is 4.04. The van der Waals surface area contributed by atoms with E-state index in [-0.39, 0.29) is 10.8 Å². The zero-order valence-corrected chi connectivity index (χ0v) is 12.4. The zero-order chi connectivity index (χ0) is 13.5. The van der Waals surface area contributed by atoms with Gasteiger partial charge in [-0.3, -0.25) is 4.79 Å². The van der Waals surface area contributed by atoms with E-state index in [1.54, 1.807) is 7.11 Å². The summed E-state index contributed by atoms with van der Waals surface area (Å²) in [6, 6.07) is 7.87. The Bertz CT molecular complexity index is 398. The van der Waals surface area contributed by atoms with Crippen molar-refractivity contribution in [1.82, 2.24) is 4.90 Å². The maximum absolute atomic E-state index is 11.3. The lowest BCUT2D eigenvalue weighted by Crippen LogP contribution is -2.31. The minimum atomic E-state index is -0.307. The molecule has 0 aromatic heterocycles. The maximum Gasteiger partial charge on any atom is 0.320 e. The number of benzene rings is 1. The fraction of sp³-hybridized carbons (Fsp3) is 0.462. The van der Waals surface area contributed by atoms with Crippen molar-refractivity contribution in [2.75, 3.05) is 27.8 Å². The number of carbonyl (C=O) groups excluding carboxylic acids is 1. The number of hydrogen-bond acceptors (Lipinski definition) is 4. The highest BCUT2D eigenvalue weighted by molar-refractivity contribution is 9.10. The summed E-state index contributed by atoms with van der Waals surface area (Å²) in [5.41, 5.74) is 1.14. The summed E-state index contributed by atoms with van der Waals surface area (Å²) in [5, 5.41) is 0. The van der Waals surface area contributed by atoms with Crippen LogP contribution in [0.4, 0.5) is 0 Å². The summed E-state index contributed by atoms with van der Waals surface area (Å²) in [7, 11) is 4.99. The summed E-state index contributed by atoms with van der Waals surface area (Å²) in [6.07, 6.45) is 0. The van der Waals surface area contributed by atoms with Gasteiger partial charge in [0.2, 0.25) is 0 Å². The Kier molecular flexibility index (Phi) is 6.15. The van der Waals surface area contributed by atoms with Gasteiger partial charge in [0.25, 0.3) is 0 Å². The van der Waals surface area contributed by atoms with Crippen LogP contribution in [-0.2, 0) is 16.1 Å². The SMILES string of the molecule is COC(=O)C(Br)CN(C)Cc1cccc(OC)c1. The molecule has 0 amide bonds. The van der Waals surface area contributed by atoms with Gasteiger partial charge in [0.05, 0.1) is 14.2 Å². The molecular weight excluding hydrogens is 298 g/mol. The van der Waals surface area contributed by atoms with E-state index < -0.39 is 0 Å². The van der Waals surface area contributed by atoms with Crippen LogP contribution in [0.2, 0.25) is 0 Å². The Hall–Kier alpha value is -1.07. The van der Waals surface area contributed by atoms with Crippen molar-refractivity contribution in [1.29, 1.82) is 0 Å². The number of hydrogen-bond donors (Lipinski definition) is 0. The number of halogens is 1. The van der Waals surface area contributed by atoms with Gasteiger partial charge >= 0.3 is 5.97 Å². The molecule has 1 unspecified atom stereocenters. The number of alkyl halides is 1. The van der Waals surface area contributed by atoms with Gasteiger partial charge in [-0.2, -0.15) is 0 Å². The number of rotatable bonds is 6. The molecule has 1 atom stereocenters. The molecular formula is C13H18BrNO3. The van der Waals surface area contributed by atoms with E-state index in [1.807, 2.05) is 36.2 Å². The van der Waals surface area contributed by atoms with Crippen molar-refractivity contribution in [3.05, 3.63) is 29.8 Å². The Morgan fingerprint density at radius 1 is 1.44 bits per heavy atom. The van der Waals surface area contributed by atoms with Crippen LogP contribution in [0.1, 0.15) is 5.56 Å². The van der Waals surface area contributed by atoms with Crippen LogP contribution in [0, 0.1) is 0 Å². The van der Waals surface area contributed by atoms with E-state index in [0.717, 1.165) is 17.9 Å². The molecule has 0 N–H and O–H groups in total. The Balaban J connectivity index is 2.53. The number of nitrogens with zero attached hydrogens (tertiary/aromatic N) is 1. The van der Waals surface area contributed by atoms with Crippen LogP contribution >= 0.6 is 15.9 Å². The van der Waals surface area contributed by atoms with Crippen molar-refractivity contribution < 1.29 is 14.3 Å². The van der Waals surface area contributed by atoms with Gasteiger partial charge < -0.3 is 14.4 Å². The summed E-state index contributed by atoms with van der Waals surface area (Å²) >= 11 is 3.30. The summed E-state index contributed by atoms with van der Waals surface area (Å²) < 4.78 is 9.84. The fourth-order valence-electron chi connectivity index (χ4n) is 1.62. The molecule has 0 saturated heterocycles. The highest BCUT2D eigenvalue weighted by atomic mass is 79.9. The van der Waals surface area contributed by atoms with E-state index in [9.17, 15) is 4.79 Å². The highest BCUT2D eigenvalue weighted by Crippen LogP contribution is 2.14. The van der Waals surface area contributed by atoms with Crippen LogP contribution in [-0.4, -0.2) is 43.5 Å². The van der Waals surface area contributed by atoms with E-state index in [4.69, 9.17) is 4.74 Å². The lowest BCUT2D eigenvalue weighted by Gasteiger charge is -2.19. The first-order chi connectivity index (χ1) is 8.56. The molecule has 0 aliphatic rings. The molecule has 0 heterocycles. The van der Waals surface area contributed by atoms with Crippen LogP contribution < -0.4 is 4.74 Å². The molecule has 1 aromatic carbocycles. The number of ether oxygens (including phenoxy) is 2. The predicted octanol–water partition coefficient (Wildman–Crippen LogP) is 2.06. The molecule has 1 rings (SSSR count). The number of methoxy groups -OCH3 is 2. The first kappa shape index (κ1) is 15.0. The normalized spacial score (nSPS) is 12.3. The summed E-state index contributed by atoms with van der Waals surface area (Å²) in [4.78, 5) is 13.0. The van der Waals surface area contributed by atoms with Crippen molar-refractivity contribution in [2.24, 2.45) is 0 Å². The van der Waals surface area contributed by atoms with Crippen LogP contribution in [0.25, 0.3) is 0 Å². The van der Waals surface area contributed by atoms with Crippen LogP contribution in [0.15, 0.2) is 24.3 Å². The number of esters is 1. The van der Waals surface area contributed by atoms with Gasteiger partial charge in [0.15, 0.2) is 0 Å². The standard InChI is InChI=1S/C13H18BrNO3/c1-15(9-12(14)13(16)18-3)8-10-5-4-6-11(7-10)17-2/h4-7,12H,8-9H2,1-3H3. The van der Waals surface area contributed by atoms with Gasteiger partial charge in [-0.25, -0.2) is 0 Å². The van der Waals surface area contributed by atoms with Gasteiger partial charge in [-0.1, -0.05) is 28.1 Å². The van der Waals surface area contributed by atoms with Crippen molar-refractivity contribution in [3.63, 3.8) is 0 Å².